The monoisotopic (exact) mass is 221 g/mol. The summed E-state index contributed by atoms with van der Waals surface area (Å²) < 4.78 is 2.08. The molecule has 1 unspecified atom stereocenters. The Bertz CT molecular complexity index is 355. The van der Waals surface area contributed by atoms with Crippen LogP contribution in [0.15, 0.2) is 6.20 Å². The zero-order valence-electron chi connectivity index (χ0n) is 11.1. The van der Waals surface area contributed by atoms with Crippen molar-refractivity contribution in [2.45, 2.75) is 59.4 Å². The first-order valence-corrected chi connectivity index (χ1v) is 6.31. The molecular weight excluding hydrogens is 198 g/mol. The minimum absolute atomic E-state index is 0.225. The molecule has 0 aliphatic heterocycles. The molecule has 3 nitrogen and oxygen atoms in total. The van der Waals surface area contributed by atoms with E-state index in [9.17, 15) is 0 Å². The van der Waals surface area contributed by atoms with Gasteiger partial charge in [0.2, 0.25) is 0 Å². The van der Waals surface area contributed by atoms with Gasteiger partial charge >= 0.3 is 0 Å². The maximum atomic E-state index is 4.33. The predicted octanol–water partition coefficient (Wildman–Crippen LogP) is 3.40. The largest absolute Gasteiger partial charge is 0.248 e. The summed E-state index contributed by atoms with van der Waals surface area (Å²) in [6.45, 7) is 11.3. The van der Waals surface area contributed by atoms with Gasteiger partial charge in [0.05, 0.1) is 11.7 Å². The van der Waals surface area contributed by atoms with E-state index in [-0.39, 0.29) is 5.41 Å². The lowest BCUT2D eigenvalue weighted by molar-refractivity contribution is 0.166. The van der Waals surface area contributed by atoms with Crippen LogP contribution in [-0.2, 0) is 0 Å². The zero-order valence-corrected chi connectivity index (χ0v) is 11.1. The van der Waals surface area contributed by atoms with Gasteiger partial charge in [-0.15, -0.1) is 5.10 Å². The minimum Gasteiger partial charge on any atom is -0.248 e. The molecule has 0 N–H and O–H groups in total. The lowest BCUT2D eigenvalue weighted by Gasteiger charge is -2.33. The van der Waals surface area contributed by atoms with Gasteiger partial charge in [0, 0.05) is 12.1 Å². The molecule has 1 atom stereocenters. The number of hydrogen-bond acceptors (Lipinski definition) is 2. The lowest BCUT2D eigenvalue weighted by atomic mass is 9.80. The summed E-state index contributed by atoms with van der Waals surface area (Å²) in [6, 6.07) is 0.424. The zero-order chi connectivity index (χ0) is 11.9. The van der Waals surface area contributed by atoms with Gasteiger partial charge in [-0.25, -0.2) is 4.68 Å². The van der Waals surface area contributed by atoms with E-state index in [1.54, 1.807) is 0 Å². The van der Waals surface area contributed by atoms with Crippen molar-refractivity contribution in [2.75, 3.05) is 0 Å². The minimum atomic E-state index is 0.225. The van der Waals surface area contributed by atoms with Gasteiger partial charge in [-0.05, 0) is 24.2 Å². The third-order valence-corrected chi connectivity index (χ3v) is 3.33. The summed E-state index contributed by atoms with van der Waals surface area (Å²) in [7, 11) is 0. The summed E-state index contributed by atoms with van der Waals surface area (Å²) in [6.07, 6.45) is 4.74. The number of hydrogen-bond donors (Lipinski definition) is 0. The van der Waals surface area contributed by atoms with Crippen LogP contribution in [0.3, 0.4) is 0 Å². The van der Waals surface area contributed by atoms with E-state index in [4.69, 9.17) is 0 Å². The number of nitrogens with zero attached hydrogens (tertiary/aromatic N) is 3. The summed E-state index contributed by atoms with van der Waals surface area (Å²) in [5, 5.41) is 8.64. The van der Waals surface area contributed by atoms with Crippen LogP contribution >= 0.6 is 0 Å². The number of aromatic nitrogens is 3. The van der Waals surface area contributed by atoms with E-state index in [0.29, 0.717) is 17.9 Å². The molecule has 1 saturated carbocycles. The quantitative estimate of drug-likeness (QED) is 0.783. The maximum absolute atomic E-state index is 4.33. The molecule has 0 amide bonds. The first-order valence-electron chi connectivity index (χ1n) is 6.31. The fourth-order valence-corrected chi connectivity index (χ4v) is 2.69. The molecule has 1 heterocycles. The predicted molar refractivity (Wildman–Crippen MR) is 65.3 cm³/mol. The Morgan fingerprint density at radius 2 is 1.94 bits per heavy atom. The summed E-state index contributed by atoms with van der Waals surface area (Å²) in [5.74, 6) is 1.27. The second-order valence-electron chi connectivity index (χ2n) is 6.45. The van der Waals surface area contributed by atoms with Crippen molar-refractivity contribution in [1.82, 2.24) is 15.0 Å². The fourth-order valence-electron chi connectivity index (χ4n) is 2.69. The van der Waals surface area contributed by atoms with Crippen LogP contribution in [0.5, 0.6) is 0 Å². The van der Waals surface area contributed by atoms with Gasteiger partial charge in [-0.1, -0.05) is 39.8 Å². The Labute approximate surface area is 98.2 Å². The average Bonchev–Trinajstić information content (AvgIpc) is 2.85. The summed E-state index contributed by atoms with van der Waals surface area (Å²) >= 11 is 0. The highest BCUT2D eigenvalue weighted by Crippen LogP contribution is 2.40. The highest BCUT2D eigenvalue weighted by atomic mass is 15.4. The third-order valence-electron chi connectivity index (χ3n) is 3.33. The van der Waals surface area contributed by atoms with E-state index in [2.05, 4.69) is 55.8 Å². The van der Waals surface area contributed by atoms with Crippen molar-refractivity contribution in [3.8, 4) is 0 Å². The smallest absolute Gasteiger partial charge is 0.0858 e. The van der Waals surface area contributed by atoms with Crippen LogP contribution in [0.1, 0.15) is 65.1 Å². The Balaban J connectivity index is 2.24. The van der Waals surface area contributed by atoms with Crippen molar-refractivity contribution < 1.29 is 0 Å². The van der Waals surface area contributed by atoms with E-state index in [1.165, 1.54) is 18.5 Å². The first-order chi connectivity index (χ1) is 7.39. The standard InChI is InChI=1S/C13H23N3/c1-9(2)12(13(3,4)5)16-8-11(14-15-16)10-6-7-10/h8-10,12H,6-7H2,1-5H3. The third kappa shape index (κ3) is 2.28. The Morgan fingerprint density at radius 3 is 2.38 bits per heavy atom. The van der Waals surface area contributed by atoms with Crippen molar-refractivity contribution in [2.24, 2.45) is 11.3 Å². The van der Waals surface area contributed by atoms with E-state index < -0.39 is 0 Å². The molecule has 16 heavy (non-hydrogen) atoms. The average molecular weight is 221 g/mol. The molecule has 1 aliphatic rings. The van der Waals surface area contributed by atoms with Gasteiger partial charge in [0.1, 0.15) is 0 Å². The van der Waals surface area contributed by atoms with E-state index >= 15 is 0 Å². The Kier molecular flexibility index (Phi) is 2.81. The Morgan fingerprint density at radius 1 is 1.31 bits per heavy atom. The number of rotatable bonds is 3. The van der Waals surface area contributed by atoms with Crippen molar-refractivity contribution in [3.05, 3.63) is 11.9 Å². The van der Waals surface area contributed by atoms with E-state index in [1.807, 2.05) is 0 Å². The molecule has 0 radical (unpaired) electrons. The summed E-state index contributed by atoms with van der Waals surface area (Å²) in [4.78, 5) is 0. The molecular formula is C13H23N3. The fraction of sp³-hybridized carbons (Fsp3) is 0.846. The van der Waals surface area contributed by atoms with Crippen LogP contribution in [0, 0.1) is 11.3 Å². The highest BCUT2D eigenvalue weighted by molar-refractivity contribution is 5.09. The molecule has 0 spiro atoms. The normalized spacial score (nSPS) is 19.1. The van der Waals surface area contributed by atoms with Crippen molar-refractivity contribution in [1.29, 1.82) is 0 Å². The van der Waals surface area contributed by atoms with Gasteiger partial charge in [0.25, 0.3) is 0 Å². The van der Waals surface area contributed by atoms with Crippen LogP contribution in [0.25, 0.3) is 0 Å². The summed E-state index contributed by atoms with van der Waals surface area (Å²) in [5.41, 5.74) is 1.41. The van der Waals surface area contributed by atoms with Crippen LogP contribution in [-0.4, -0.2) is 15.0 Å². The van der Waals surface area contributed by atoms with Crippen LogP contribution in [0.2, 0.25) is 0 Å². The van der Waals surface area contributed by atoms with Gasteiger partial charge < -0.3 is 0 Å². The van der Waals surface area contributed by atoms with Gasteiger partial charge in [0.15, 0.2) is 0 Å². The Hall–Kier alpha value is -0.860. The molecule has 0 aromatic carbocycles. The molecule has 2 rings (SSSR count). The molecule has 1 fully saturated rings. The molecule has 0 saturated heterocycles. The molecule has 3 heteroatoms. The van der Waals surface area contributed by atoms with Gasteiger partial charge in [-0.3, -0.25) is 0 Å². The maximum Gasteiger partial charge on any atom is 0.0858 e. The molecule has 1 aromatic heterocycles. The molecule has 0 bridgehead atoms. The van der Waals surface area contributed by atoms with Crippen LogP contribution < -0.4 is 0 Å². The topological polar surface area (TPSA) is 30.7 Å². The van der Waals surface area contributed by atoms with E-state index in [0.717, 1.165) is 0 Å². The van der Waals surface area contributed by atoms with Crippen molar-refractivity contribution in [3.63, 3.8) is 0 Å². The van der Waals surface area contributed by atoms with Gasteiger partial charge in [-0.2, -0.15) is 0 Å². The second kappa shape index (κ2) is 3.86. The highest BCUT2D eigenvalue weighted by Gasteiger charge is 2.32. The molecule has 1 aromatic rings. The molecule has 1 aliphatic carbocycles. The lowest BCUT2D eigenvalue weighted by Crippen LogP contribution is -2.29. The SMILES string of the molecule is CC(C)C(n1cc(C2CC2)nn1)C(C)(C)C. The molecule has 90 valence electrons. The van der Waals surface area contributed by atoms with Crippen molar-refractivity contribution >= 4 is 0 Å². The first kappa shape index (κ1) is 11.6. The second-order valence-corrected chi connectivity index (χ2v) is 6.45. The van der Waals surface area contributed by atoms with Crippen LogP contribution in [0.4, 0.5) is 0 Å².